The second kappa shape index (κ2) is 7.14. The lowest BCUT2D eigenvalue weighted by atomic mass is 9.84. The van der Waals surface area contributed by atoms with Crippen LogP contribution in [0.25, 0.3) is 0 Å². The molecule has 0 bridgehead atoms. The quantitative estimate of drug-likeness (QED) is 0.817. The first-order valence-electron chi connectivity index (χ1n) is 7.11. The maximum atomic E-state index is 10.1. The number of aromatic hydroxyl groups is 1. The zero-order valence-corrected chi connectivity index (χ0v) is 14.3. The van der Waals surface area contributed by atoms with Crippen LogP contribution in [0.3, 0.4) is 0 Å². The van der Waals surface area contributed by atoms with Crippen molar-refractivity contribution in [2.45, 2.75) is 32.2 Å². The molecule has 22 heavy (non-hydrogen) atoms. The Hall–Kier alpha value is -1.55. The summed E-state index contributed by atoms with van der Waals surface area (Å²) in [6.45, 7) is 6.18. The van der Waals surface area contributed by atoms with E-state index in [0.717, 1.165) is 16.7 Å². The minimum absolute atomic E-state index is 0. The predicted molar refractivity (Wildman–Crippen MR) is 91.9 cm³/mol. The van der Waals surface area contributed by atoms with Crippen molar-refractivity contribution < 1.29 is 10.3 Å². The Morgan fingerprint density at radius 3 is 2.05 bits per heavy atom. The van der Waals surface area contributed by atoms with Crippen molar-refractivity contribution in [2.75, 3.05) is 7.05 Å². The molecule has 0 aliphatic rings. The van der Waals surface area contributed by atoms with Crippen LogP contribution in [0, 0.1) is 0 Å². The molecule has 0 radical (unpaired) electrons. The molecule has 4 heteroatoms. The molecule has 2 N–H and O–H groups in total. The number of benzene rings is 2. The van der Waals surface area contributed by atoms with Crippen molar-refractivity contribution in [1.29, 1.82) is 0 Å². The number of hydrogen-bond acceptors (Lipinski definition) is 3. The van der Waals surface area contributed by atoms with Crippen molar-refractivity contribution in [1.82, 2.24) is 5.06 Å². The van der Waals surface area contributed by atoms with Crippen LogP contribution < -0.4 is 0 Å². The fourth-order valence-corrected chi connectivity index (χ4v) is 2.58. The van der Waals surface area contributed by atoms with Gasteiger partial charge < -0.3 is 10.3 Å². The lowest BCUT2D eigenvalue weighted by Gasteiger charge is -2.27. The maximum absolute atomic E-state index is 10.1. The van der Waals surface area contributed by atoms with E-state index < -0.39 is 0 Å². The minimum atomic E-state index is -0.257. The summed E-state index contributed by atoms with van der Waals surface area (Å²) in [5, 5.41) is 21.3. The summed E-state index contributed by atoms with van der Waals surface area (Å²) in [5.74, 6) is 0.290. The average Bonchev–Trinajstić information content (AvgIpc) is 2.40. The molecule has 0 spiro atoms. The van der Waals surface area contributed by atoms with Gasteiger partial charge in [-0.3, -0.25) is 0 Å². The molecule has 0 saturated carbocycles. The predicted octanol–water partition coefficient (Wildman–Crippen LogP) is 4.52. The zero-order valence-electron chi connectivity index (χ0n) is 13.4. The van der Waals surface area contributed by atoms with Gasteiger partial charge in [-0.2, -0.15) is 5.06 Å². The standard InChI is InChI=1S/C18H23NO2.ClH/c1-18(2,3)15-12-14(10-11-16(15)20)17(19(4)21)13-8-6-5-7-9-13;/h5-12,17,20-21H,1-4H3;1H. The summed E-state index contributed by atoms with van der Waals surface area (Å²) in [5.41, 5.74) is 2.68. The molecule has 120 valence electrons. The van der Waals surface area contributed by atoms with E-state index in [1.54, 1.807) is 13.1 Å². The van der Waals surface area contributed by atoms with E-state index in [2.05, 4.69) is 20.8 Å². The molecular formula is C18H24ClNO2. The molecule has 3 nitrogen and oxygen atoms in total. The Bertz CT molecular complexity index is 606. The first-order chi connectivity index (χ1) is 9.80. The third-order valence-corrected chi connectivity index (χ3v) is 3.63. The SMILES string of the molecule is CN(O)C(c1ccccc1)c1ccc(O)c(C(C)(C)C)c1.Cl. The van der Waals surface area contributed by atoms with E-state index >= 15 is 0 Å². The second-order valence-corrected chi connectivity index (χ2v) is 6.41. The smallest absolute Gasteiger partial charge is 0.119 e. The van der Waals surface area contributed by atoms with Crippen LogP contribution >= 0.6 is 12.4 Å². The molecule has 0 aliphatic heterocycles. The number of rotatable bonds is 3. The van der Waals surface area contributed by atoms with Crippen LogP contribution in [0.1, 0.15) is 43.5 Å². The van der Waals surface area contributed by atoms with Gasteiger partial charge in [-0.25, -0.2) is 0 Å². The normalized spacial score (nSPS) is 12.8. The van der Waals surface area contributed by atoms with Crippen molar-refractivity contribution in [2.24, 2.45) is 0 Å². The Morgan fingerprint density at radius 2 is 1.55 bits per heavy atom. The molecular weight excluding hydrogens is 298 g/mol. The molecule has 0 saturated heterocycles. The highest BCUT2D eigenvalue weighted by molar-refractivity contribution is 5.85. The van der Waals surface area contributed by atoms with Gasteiger partial charge in [-0.1, -0.05) is 57.2 Å². The summed E-state index contributed by atoms with van der Waals surface area (Å²) < 4.78 is 0. The van der Waals surface area contributed by atoms with Crippen molar-refractivity contribution in [3.05, 3.63) is 65.2 Å². The molecule has 0 aromatic heterocycles. The van der Waals surface area contributed by atoms with Crippen LogP contribution in [-0.2, 0) is 5.41 Å². The molecule has 0 aliphatic carbocycles. The lowest BCUT2D eigenvalue weighted by Crippen LogP contribution is -2.22. The summed E-state index contributed by atoms with van der Waals surface area (Å²) in [6, 6.07) is 15.1. The van der Waals surface area contributed by atoms with E-state index in [0.29, 0.717) is 5.75 Å². The van der Waals surface area contributed by atoms with Gasteiger partial charge in [-0.05, 0) is 34.2 Å². The molecule has 2 rings (SSSR count). The lowest BCUT2D eigenvalue weighted by molar-refractivity contribution is -0.0916. The summed E-state index contributed by atoms with van der Waals surface area (Å²) in [7, 11) is 1.64. The highest BCUT2D eigenvalue weighted by atomic mass is 35.5. The van der Waals surface area contributed by atoms with Crippen LogP contribution in [0.2, 0.25) is 0 Å². The average molecular weight is 322 g/mol. The number of nitrogens with zero attached hydrogens (tertiary/aromatic N) is 1. The molecule has 2 aromatic carbocycles. The van der Waals surface area contributed by atoms with Gasteiger partial charge in [0.15, 0.2) is 0 Å². The summed E-state index contributed by atoms with van der Waals surface area (Å²) in [6.07, 6.45) is 0. The number of hydroxylamine groups is 2. The number of hydrogen-bond donors (Lipinski definition) is 2. The molecule has 0 fully saturated rings. The van der Waals surface area contributed by atoms with Gasteiger partial charge in [0, 0.05) is 7.05 Å². The number of phenolic OH excluding ortho intramolecular Hbond substituents is 1. The third-order valence-electron chi connectivity index (χ3n) is 3.63. The van der Waals surface area contributed by atoms with Crippen LogP contribution in [0.15, 0.2) is 48.5 Å². The van der Waals surface area contributed by atoms with Crippen molar-refractivity contribution in [3.63, 3.8) is 0 Å². The minimum Gasteiger partial charge on any atom is -0.508 e. The van der Waals surface area contributed by atoms with Crippen LogP contribution in [-0.4, -0.2) is 22.4 Å². The summed E-state index contributed by atoms with van der Waals surface area (Å²) in [4.78, 5) is 0. The Labute approximate surface area is 138 Å². The van der Waals surface area contributed by atoms with Gasteiger partial charge in [-0.15, -0.1) is 12.4 Å². The van der Waals surface area contributed by atoms with E-state index in [-0.39, 0.29) is 23.9 Å². The molecule has 1 atom stereocenters. The van der Waals surface area contributed by atoms with Gasteiger partial charge >= 0.3 is 0 Å². The monoisotopic (exact) mass is 321 g/mol. The molecule has 0 heterocycles. The number of halogens is 1. The topological polar surface area (TPSA) is 43.7 Å². The Morgan fingerprint density at radius 1 is 0.955 bits per heavy atom. The van der Waals surface area contributed by atoms with E-state index in [4.69, 9.17) is 0 Å². The van der Waals surface area contributed by atoms with Gasteiger partial charge in [0.05, 0.1) is 6.04 Å². The maximum Gasteiger partial charge on any atom is 0.119 e. The van der Waals surface area contributed by atoms with Crippen molar-refractivity contribution >= 4 is 12.4 Å². The first kappa shape index (κ1) is 18.5. The molecule has 0 amide bonds. The van der Waals surface area contributed by atoms with Gasteiger partial charge in [0.2, 0.25) is 0 Å². The first-order valence-corrected chi connectivity index (χ1v) is 7.11. The highest BCUT2D eigenvalue weighted by Crippen LogP contribution is 2.35. The van der Waals surface area contributed by atoms with Gasteiger partial charge in [0.1, 0.15) is 5.75 Å². The van der Waals surface area contributed by atoms with E-state index in [1.807, 2.05) is 42.5 Å². The molecule has 1 unspecified atom stereocenters. The second-order valence-electron chi connectivity index (χ2n) is 6.41. The zero-order chi connectivity index (χ0) is 15.6. The Kier molecular flexibility index (Phi) is 6.00. The van der Waals surface area contributed by atoms with Crippen LogP contribution in [0.4, 0.5) is 0 Å². The highest BCUT2D eigenvalue weighted by Gasteiger charge is 2.23. The number of phenols is 1. The fraction of sp³-hybridized carbons (Fsp3) is 0.333. The fourth-order valence-electron chi connectivity index (χ4n) is 2.58. The molecule has 2 aromatic rings. The Balaban J connectivity index is 0.00000242. The third kappa shape index (κ3) is 4.01. The largest absolute Gasteiger partial charge is 0.508 e. The van der Waals surface area contributed by atoms with Crippen LogP contribution in [0.5, 0.6) is 5.75 Å². The summed E-state index contributed by atoms with van der Waals surface area (Å²) >= 11 is 0. The van der Waals surface area contributed by atoms with Crippen molar-refractivity contribution in [3.8, 4) is 5.75 Å². The van der Waals surface area contributed by atoms with Gasteiger partial charge in [0.25, 0.3) is 0 Å². The van der Waals surface area contributed by atoms with E-state index in [9.17, 15) is 10.3 Å². The van der Waals surface area contributed by atoms with E-state index in [1.165, 1.54) is 5.06 Å².